The van der Waals surface area contributed by atoms with E-state index in [0.29, 0.717) is 25.1 Å². The Morgan fingerprint density at radius 3 is 2.67 bits per heavy atom. The monoisotopic (exact) mass is 699 g/mol. The van der Waals surface area contributed by atoms with E-state index in [1.54, 1.807) is 23.7 Å². The van der Waals surface area contributed by atoms with Gasteiger partial charge in [-0.25, -0.2) is 13.2 Å². The molecule has 3 saturated carbocycles. The Kier molecular flexibility index (Phi) is 9.95. The van der Waals surface area contributed by atoms with Crippen LogP contribution in [0.4, 0.5) is 10.5 Å². The molecule has 1 aromatic carbocycles. The number of ether oxygens (including phenoxy) is 1. The van der Waals surface area contributed by atoms with Crippen molar-refractivity contribution in [1.82, 2.24) is 14.9 Å². The van der Waals surface area contributed by atoms with Gasteiger partial charge in [0, 0.05) is 30.8 Å². The van der Waals surface area contributed by atoms with Gasteiger partial charge in [0.15, 0.2) is 0 Å². The number of sulfonamides is 1. The zero-order valence-electron chi connectivity index (χ0n) is 27.7. The zero-order chi connectivity index (χ0) is 34.2. The molecule has 5 aliphatic rings. The van der Waals surface area contributed by atoms with Gasteiger partial charge < -0.3 is 15.0 Å². The summed E-state index contributed by atoms with van der Waals surface area (Å²) >= 11 is 1.65. The second-order valence-electron chi connectivity index (χ2n) is 13.8. The summed E-state index contributed by atoms with van der Waals surface area (Å²) < 4.78 is 33.4. The summed E-state index contributed by atoms with van der Waals surface area (Å²) in [6.07, 6.45) is 7.15. The summed E-state index contributed by atoms with van der Waals surface area (Å²) in [6.45, 7) is 4.55. The minimum absolute atomic E-state index is 0.0868. The van der Waals surface area contributed by atoms with E-state index in [2.05, 4.69) is 22.3 Å². The molecule has 3 aliphatic carbocycles. The summed E-state index contributed by atoms with van der Waals surface area (Å²) in [4.78, 5) is 60.9. The third-order valence-corrected chi connectivity index (χ3v) is 13.1. The van der Waals surface area contributed by atoms with Crippen molar-refractivity contribution in [3.8, 4) is 0 Å². The zero-order valence-corrected chi connectivity index (χ0v) is 29.3. The molecule has 0 aromatic heterocycles. The number of aliphatic imine (C=N–C) groups is 1. The van der Waals surface area contributed by atoms with Gasteiger partial charge in [0.2, 0.25) is 21.8 Å². The molecule has 14 heteroatoms. The number of hydrogen-bond acceptors (Lipinski definition) is 9. The number of thioether (sulfide) groups is 1. The molecule has 4 amide bonds. The summed E-state index contributed by atoms with van der Waals surface area (Å²) in [7, 11) is -2.12. The molecule has 6 rings (SSSR count). The molecule has 3 fully saturated rings. The molecule has 0 spiro atoms. The van der Waals surface area contributed by atoms with Gasteiger partial charge in [0.25, 0.3) is 5.91 Å². The first-order valence-electron chi connectivity index (χ1n) is 17.0. The van der Waals surface area contributed by atoms with Crippen LogP contribution in [0.25, 0.3) is 0 Å². The molecule has 2 aliphatic heterocycles. The maximum atomic E-state index is 14.0. The lowest BCUT2D eigenvalue weighted by Crippen LogP contribution is -2.54. The van der Waals surface area contributed by atoms with Crippen LogP contribution in [0.1, 0.15) is 75.8 Å². The number of amides is 4. The lowest BCUT2D eigenvalue weighted by atomic mass is 9.93. The van der Waals surface area contributed by atoms with Crippen molar-refractivity contribution in [2.75, 3.05) is 24.7 Å². The van der Waals surface area contributed by atoms with E-state index in [4.69, 9.17) is 9.73 Å². The number of benzene rings is 1. The van der Waals surface area contributed by atoms with E-state index in [0.717, 1.165) is 47.6 Å². The fourth-order valence-corrected chi connectivity index (χ4v) is 9.48. The minimum atomic E-state index is -3.83. The molecule has 0 bridgehead atoms. The number of nitrogens with zero attached hydrogens (tertiary/aromatic N) is 2. The van der Waals surface area contributed by atoms with Crippen molar-refractivity contribution in [3.05, 3.63) is 41.5 Å². The van der Waals surface area contributed by atoms with Crippen molar-refractivity contribution in [3.63, 3.8) is 0 Å². The van der Waals surface area contributed by atoms with Crippen LogP contribution >= 0.6 is 11.8 Å². The topological polar surface area (TPSA) is 163 Å². The van der Waals surface area contributed by atoms with Crippen molar-refractivity contribution in [2.45, 2.75) is 94.6 Å². The number of aryl methyl sites for hydroxylation is 1. The Hall–Kier alpha value is -3.39. The Morgan fingerprint density at radius 1 is 1.17 bits per heavy atom. The first-order valence-corrected chi connectivity index (χ1v) is 19.5. The second kappa shape index (κ2) is 13.9. The van der Waals surface area contributed by atoms with Crippen LogP contribution in [-0.2, 0) is 29.1 Å². The fraction of sp³-hybridized carbons (Fsp3) is 0.618. The number of hydrogen-bond donors (Lipinski definition) is 3. The molecule has 2 heterocycles. The number of carbonyl (C=O) groups excluding carboxylic acids is 4. The third kappa shape index (κ3) is 7.44. The molecule has 6 atom stereocenters. The highest BCUT2D eigenvalue weighted by Gasteiger charge is 2.62. The Labute approximate surface area is 286 Å². The van der Waals surface area contributed by atoms with Crippen LogP contribution in [0.5, 0.6) is 0 Å². The van der Waals surface area contributed by atoms with Crippen LogP contribution < -0.4 is 15.4 Å². The predicted molar refractivity (Wildman–Crippen MR) is 184 cm³/mol. The van der Waals surface area contributed by atoms with Crippen molar-refractivity contribution < 1.29 is 32.3 Å². The molecule has 0 radical (unpaired) electrons. The minimum Gasteiger partial charge on any atom is -0.446 e. The maximum absolute atomic E-state index is 14.0. The Bertz CT molecular complexity index is 1640. The van der Waals surface area contributed by atoms with E-state index >= 15 is 0 Å². The van der Waals surface area contributed by atoms with Crippen molar-refractivity contribution in [2.24, 2.45) is 22.7 Å². The molecule has 12 nitrogen and oxygen atoms in total. The van der Waals surface area contributed by atoms with Gasteiger partial charge in [-0.1, -0.05) is 25.1 Å². The quantitative estimate of drug-likeness (QED) is 0.361. The highest BCUT2D eigenvalue weighted by atomic mass is 32.2. The number of carbonyl (C=O) groups is 4. The molecule has 3 N–H and O–H groups in total. The highest BCUT2D eigenvalue weighted by Crippen LogP contribution is 2.47. The highest BCUT2D eigenvalue weighted by molar-refractivity contribution is 8.14. The summed E-state index contributed by atoms with van der Waals surface area (Å²) in [6, 6.07) is 6.01. The standard InChI is InChI=1S/C34H45N5O7S2/c1-4-22-19-47-30(35-22)25-13-10-20(2)15-28(25)36-33(43)46-23-16-26-27(17-23)31(41)39(3)14-8-6-5-7-9-21-18-34(21,37-29(26)40)32(42)38-48(44,45)24-11-12-24/h7,9-10,13,15,21-24,26-27H,4-6,8,11-12,14,16-19H2,1-3H3,(H,36,43)(H,37,40)(H,38,42)/b9-7-/t21-,22?,23-,26-,27-,34-/m1/s1. The molecule has 48 heavy (non-hydrogen) atoms. The van der Waals surface area contributed by atoms with Gasteiger partial charge in [-0.05, 0) is 82.4 Å². The molecule has 0 saturated heterocycles. The van der Waals surface area contributed by atoms with Crippen LogP contribution in [0.15, 0.2) is 35.3 Å². The molecular formula is C34H45N5O7S2. The smallest absolute Gasteiger partial charge is 0.411 e. The summed E-state index contributed by atoms with van der Waals surface area (Å²) in [5, 5.41) is 6.02. The van der Waals surface area contributed by atoms with Gasteiger partial charge in [-0.15, -0.1) is 11.8 Å². The van der Waals surface area contributed by atoms with E-state index in [1.165, 1.54) is 0 Å². The first kappa shape index (κ1) is 34.5. The van der Waals surface area contributed by atoms with Crippen LogP contribution in [0.2, 0.25) is 0 Å². The number of rotatable bonds is 7. The predicted octanol–water partition coefficient (Wildman–Crippen LogP) is 3.89. The van der Waals surface area contributed by atoms with Gasteiger partial charge in [0.1, 0.15) is 16.7 Å². The van der Waals surface area contributed by atoms with E-state index < -0.39 is 56.7 Å². The molecule has 1 aromatic rings. The van der Waals surface area contributed by atoms with Crippen molar-refractivity contribution >= 4 is 56.3 Å². The van der Waals surface area contributed by atoms with E-state index in [-0.39, 0.29) is 37.1 Å². The van der Waals surface area contributed by atoms with Gasteiger partial charge in [0.05, 0.1) is 28.8 Å². The first-order chi connectivity index (χ1) is 22.9. The average Bonchev–Trinajstić information content (AvgIpc) is 3.92. The lowest BCUT2D eigenvalue weighted by molar-refractivity contribution is -0.140. The Morgan fingerprint density at radius 2 is 1.94 bits per heavy atom. The van der Waals surface area contributed by atoms with Gasteiger partial charge >= 0.3 is 6.09 Å². The second-order valence-corrected chi connectivity index (χ2v) is 16.8. The van der Waals surface area contributed by atoms with E-state index in [9.17, 15) is 27.6 Å². The summed E-state index contributed by atoms with van der Waals surface area (Å²) in [5.74, 6) is -2.63. The number of anilines is 1. The molecule has 1 unspecified atom stereocenters. The lowest BCUT2D eigenvalue weighted by Gasteiger charge is -2.26. The normalized spacial score (nSPS) is 31.4. The summed E-state index contributed by atoms with van der Waals surface area (Å²) in [5.41, 5.74) is 0.926. The van der Waals surface area contributed by atoms with Crippen molar-refractivity contribution in [1.29, 1.82) is 0 Å². The van der Waals surface area contributed by atoms with Gasteiger partial charge in [-0.2, -0.15) is 0 Å². The van der Waals surface area contributed by atoms with Gasteiger partial charge in [-0.3, -0.25) is 29.4 Å². The SMILES string of the molecule is CCC1CSC(c2ccc(C)cc2NC(=O)O[C@@H]2C[C@H]3C(=O)N[C@]4(C(=O)NS(=O)(=O)C5CC5)C[C@H]4/C=C\CCCCN(C)C(=O)[C@@H]3C2)=N1. The van der Waals surface area contributed by atoms with E-state index in [1.807, 2.05) is 37.3 Å². The largest absolute Gasteiger partial charge is 0.446 e. The van der Waals surface area contributed by atoms with Crippen LogP contribution in [0.3, 0.4) is 0 Å². The van der Waals surface area contributed by atoms with Crippen LogP contribution in [0, 0.1) is 24.7 Å². The number of fused-ring (bicyclic) bond motifs is 2. The average molecular weight is 700 g/mol. The fourth-order valence-electron chi connectivity index (χ4n) is 6.90. The third-order valence-electron chi connectivity index (χ3n) is 10.1. The Balaban J connectivity index is 1.19. The van der Waals surface area contributed by atoms with Crippen LogP contribution in [-0.4, -0.2) is 84.5 Å². The number of nitrogens with one attached hydrogen (secondary N) is 3. The number of allylic oxidation sites excluding steroid dienone is 1. The maximum Gasteiger partial charge on any atom is 0.411 e. The molecule has 260 valence electrons. The molecular weight excluding hydrogens is 655 g/mol.